The first kappa shape index (κ1) is 11.8. The maximum atomic E-state index is 11.8. The summed E-state index contributed by atoms with van der Waals surface area (Å²) in [5.74, 6) is -0.270. The predicted molar refractivity (Wildman–Crippen MR) is 66.9 cm³/mol. The molecule has 0 N–H and O–H groups in total. The molecule has 0 saturated carbocycles. The Kier molecular flexibility index (Phi) is 3.57. The summed E-state index contributed by atoms with van der Waals surface area (Å²) in [6.45, 7) is 4.06. The number of nitrogens with zero attached hydrogens (tertiary/aromatic N) is 1. The van der Waals surface area contributed by atoms with Crippen LogP contribution in [0.4, 0.5) is 0 Å². The Balaban J connectivity index is 2.40. The number of aryl methyl sites for hydroxylation is 2. The first-order chi connectivity index (χ1) is 8.22. The second-order valence-corrected chi connectivity index (χ2v) is 4.18. The summed E-state index contributed by atoms with van der Waals surface area (Å²) in [6.07, 6.45) is 7.34. The molecular formula is C14H17NO2. The van der Waals surface area contributed by atoms with Gasteiger partial charge in [0, 0.05) is 0 Å². The van der Waals surface area contributed by atoms with E-state index in [1.165, 1.54) is 0 Å². The number of hydrogen-bond acceptors (Lipinski definition) is 3. The molecule has 3 nitrogen and oxygen atoms in total. The molecule has 0 fully saturated rings. The van der Waals surface area contributed by atoms with E-state index in [1.807, 2.05) is 26.0 Å². The van der Waals surface area contributed by atoms with E-state index in [0.29, 0.717) is 12.2 Å². The van der Waals surface area contributed by atoms with E-state index in [2.05, 4.69) is 11.1 Å². The predicted octanol–water partition coefficient (Wildman–Crippen LogP) is 2.92. The van der Waals surface area contributed by atoms with Gasteiger partial charge in [-0.15, -0.1) is 0 Å². The van der Waals surface area contributed by atoms with E-state index in [1.54, 1.807) is 0 Å². The van der Waals surface area contributed by atoms with Crippen LogP contribution in [0.2, 0.25) is 0 Å². The smallest absolute Gasteiger partial charge is 0.339 e. The molecule has 2 rings (SSSR count). The zero-order valence-corrected chi connectivity index (χ0v) is 10.3. The lowest BCUT2D eigenvalue weighted by Crippen LogP contribution is -2.10. The quantitative estimate of drug-likeness (QED) is 0.735. The van der Waals surface area contributed by atoms with Gasteiger partial charge in [0.15, 0.2) is 0 Å². The lowest BCUT2D eigenvalue weighted by molar-refractivity contribution is 0.0525. The Bertz CT molecular complexity index is 464. The average Bonchev–Trinajstić information content (AvgIpc) is 2.52. The first-order valence-corrected chi connectivity index (χ1v) is 6.06. The van der Waals surface area contributed by atoms with E-state index < -0.39 is 0 Å². The van der Waals surface area contributed by atoms with Crippen LogP contribution in [0.3, 0.4) is 0 Å². The van der Waals surface area contributed by atoms with Gasteiger partial charge in [-0.2, -0.15) is 0 Å². The van der Waals surface area contributed by atoms with Crippen molar-refractivity contribution in [2.75, 3.05) is 6.61 Å². The van der Waals surface area contributed by atoms with Crippen molar-refractivity contribution in [3.8, 4) is 0 Å². The van der Waals surface area contributed by atoms with Crippen LogP contribution in [0, 0.1) is 6.92 Å². The summed E-state index contributed by atoms with van der Waals surface area (Å²) in [5, 5.41) is 0. The molecule has 1 aliphatic carbocycles. The van der Waals surface area contributed by atoms with E-state index in [9.17, 15) is 4.79 Å². The lowest BCUT2D eigenvalue weighted by Gasteiger charge is -2.09. The topological polar surface area (TPSA) is 39.2 Å². The number of aromatic nitrogens is 1. The van der Waals surface area contributed by atoms with Crippen molar-refractivity contribution in [1.82, 2.24) is 4.98 Å². The molecule has 1 aromatic rings. The van der Waals surface area contributed by atoms with Gasteiger partial charge >= 0.3 is 5.97 Å². The third-order valence-corrected chi connectivity index (χ3v) is 2.91. The summed E-state index contributed by atoms with van der Waals surface area (Å²) in [7, 11) is 0. The fourth-order valence-corrected chi connectivity index (χ4v) is 2.03. The fourth-order valence-electron chi connectivity index (χ4n) is 2.03. The van der Waals surface area contributed by atoms with Gasteiger partial charge in [0.2, 0.25) is 0 Å². The molecule has 0 atom stereocenters. The minimum absolute atomic E-state index is 0.270. The SMILES string of the molecule is CCOC(=O)c1cc2c(nc1C)C=CCCC2. The fraction of sp³-hybridized carbons (Fsp3) is 0.429. The molecule has 1 aliphatic rings. The van der Waals surface area contributed by atoms with Gasteiger partial charge in [0.1, 0.15) is 0 Å². The highest BCUT2D eigenvalue weighted by atomic mass is 16.5. The number of esters is 1. The zero-order chi connectivity index (χ0) is 12.3. The van der Waals surface area contributed by atoms with Gasteiger partial charge in [0.05, 0.1) is 23.6 Å². The molecule has 90 valence electrons. The number of fused-ring (bicyclic) bond motifs is 1. The molecule has 0 saturated heterocycles. The number of allylic oxidation sites excluding steroid dienone is 1. The molecule has 0 spiro atoms. The van der Waals surface area contributed by atoms with Crippen LogP contribution in [-0.4, -0.2) is 17.6 Å². The summed E-state index contributed by atoms with van der Waals surface area (Å²) in [6, 6.07) is 1.94. The van der Waals surface area contributed by atoms with Crippen LogP contribution in [0.1, 0.15) is 47.1 Å². The normalized spacial score (nSPS) is 14.0. The Morgan fingerprint density at radius 3 is 3.12 bits per heavy atom. The summed E-state index contributed by atoms with van der Waals surface area (Å²) in [4.78, 5) is 16.2. The number of rotatable bonds is 2. The highest BCUT2D eigenvalue weighted by Gasteiger charge is 2.15. The highest BCUT2D eigenvalue weighted by Crippen LogP contribution is 2.20. The molecule has 0 aromatic carbocycles. The second-order valence-electron chi connectivity index (χ2n) is 4.18. The van der Waals surface area contributed by atoms with Gasteiger partial charge in [-0.3, -0.25) is 4.98 Å². The molecule has 1 aromatic heterocycles. The van der Waals surface area contributed by atoms with E-state index in [4.69, 9.17) is 4.74 Å². The molecule has 3 heteroatoms. The van der Waals surface area contributed by atoms with Gasteiger partial charge in [0.25, 0.3) is 0 Å². The molecule has 0 bridgehead atoms. The summed E-state index contributed by atoms with van der Waals surface area (Å²) < 4.78 is 5.03. The van der Waals surface area contributed by atoms with Crippen molar-refractivity contribution in [2.24, 2.45) is 0 Å². The van der Waals surface area contributed by atoms with Crippen molar-refractivity contribution in [3.63, 3.8) is 0 Å². The maximum Gasteiger partial charge on any atom is 0.339 e. The van der Waals surface area contributed by atoms with Gasteiger partial charge in [-0.1, -0.05) is 6.08 Å². The van der Waals surface area contributed by atoms with Crippen LogP contribution in [0.15, 0.2) is 12.1 Å². The standard InChI is InChI=1S/C14H17NO2/c1-3-17-14(16)12-9-11-7-5-4-6-8-13(11)15-10(12)2/h6,8-9H,3-5,7H2,1-2H3. The van der Waals surface area contributed by atoms with Crippen LogP contribution >= 0.6 is 0 Å². The Labute approximate surface area is 102 Å². The number of carbonyl (C=O) groups excluding carboxylic acids is 1. The Morgan fingerprint density at radius 1 is 1.53 bits per heavy atom. The van der Waals surface area contributed by atoms with E-state index in [-0.39, 0.29) is 5.97 Å². The molecule has 0 amide bonds. The van der Waals surface area contributed by atoms with Gasteiger partial charge < -0.3 is 4.74 Å². The minimum Gasteiger partial charge on any atom is -0.462 e. The van der Waals surface area contributed by atoms with Gasteiger partial charge in [-0.25, -0.2) is 4.79 Å². The van der Waals surface area contributed by atoms with Crippen LogP contribution in [0.25, 0.3) is 6.08 Å². The molecule has 0 radical (unpaired) electrons. The van der Waals surface area contributed by atoms with Crippen molar-refractivity contribution in [2.45, 2.75) is 33.1 Å². The Morgan fingerprint density at radius 2 is 2.35 bits per heavy atom. The number of pyridine rings is 1. The maximum absolute atomic E-state index is 11.8. The zero-order valence-electron chi connectivity index (χ0n) is 10.3. The number of carbonyl (C=O) groups is 1. The molecule has 17 heavy (non-hydrogen) atoms. The average molecular weight is 231 g/mol. The first-order valence-electron chi connectivity index (χ1n) is 6.06. The third kappa shape index (κ3) is 2.54. The monoisotopic (exact) mass is 231 g/mol. The van der Waals surface area contributed by atoms with Crippen molar-refractivity contribution in [1.29, 1.82) is 0 Å². The van der Waals surface area contributed by atoms with E-state index >= 15 is 0 Å². The Hall–Kier alpha value is -1.64. The molecule has 1 heterocycles. The highest BCUT2D eigenvalue weighted by molar-refractivity contribution is 5.91. The molecular weight excluding hydrogens is 214 g/mol. The van der Waals surface area contributed by atoms with Crippen LogP contribution in [0.5, 0.6) is 0 Å². The lowest BCUT2D eigenvalue weighted by atomic mass is 10.0. The number of ether oxygens (including phenoxy) is 1. The molecule has 0 unspecified atom stereocenters. The van der Waals surface area contributed by atoms with Crippen LogP contribution < -0.4 is 0 Å². The van der Waals surface area contributed by atoms with Crippen molar-refractivity contribution < 1.29 is 9.53 Å². The second kappa shape index (κ2) is 5.13. The largest absolute Gasteiger partial charge is 0.462 e. The molecule has 0 aliphatic heterocycles. The van der Waals surface area contributed by atoms with Crippen molar-refractivity contribution >= 4 is 12.0 Å². The summed E-state index contributed by atoms with van der Waals surface area (Å²) >= 11 is 0. The third-order valence-electron chi connectivity index (χ3n) is 2.91. The minimum atomic E-state index is -0.270. The summed E-state index contributed by atoms with van der Waals surface area (Å²) in [5.41, 5.74) is 3.48. The number of hydrogen-bond donors (Lipinski definition) is 0. The van der Waals surface area contributed by atoms with Crippen LogP contribution in [-0.2, 0) is 11.2 Å². The van der Waals surface area contributed by atoms with Gasteiger partial charge in [-0.05, 0) is 50.8 Å². The van der Waals surface area contributed by atoms with E-state index in [0.717, 1.165) is 36.2 Å². The van der Waals surface area contributed by atoms with Crippen molar-refractivity contribution in [3.05, 3.63) is 34.7 Å².